The van der Waals surface area contributed by atoms with E-state index in [-0.39, 0.29) is 12.5 Å². The summed E-state index contributed by atoms with van der Waals surface area (Å²) in [5.74, 6) is 0.629. The van der Waals surface area contributed by atoms with Crippen molar-refractivity contribution in [3.63, 3.8) is 0 Å². The first-order chi connectivity index (χ1) is 13.7. The minimum absolute atomic E-state index is 0.167. The highest BCUT2D eigenvalue weighted by atomic mass is 35.5. The van der Waals surface area contributed by atoms with E-state index in [0.29, 0.717) is 54.2 Å². The second-order valence-electron chi connectivity index (χ2n) is 6.49. The Bertz CT molecular complexity index is 863. The molecular formula is C19H18Cl2F3N3O2. The van der Waals surface area contributed by atoms with Gasteiger partial charge in [-0.3, -0.25) is 4.79 Å². The van der Waals surface area contributed by atoms with Crippen molar-refractivity contribution >= 4 is 34.9 Å². The molecule has 1 aliphatic rings. The molecule has 1 saturated heterocycles. The van der Waals surface area contributed by atoms with Crippen LogP contribution in [0.25, 0.3) is 0 Å². The minimum Gasteiger partial charge on any atom is -0.482 e. The lowest BCUT2D eigenvalue weighted by molar-refractivity contribution is -0.137. The number of benzene rings is 1. The zero-order chi connectivity index (χ0) is 21.0. The van der Waals surface area contributed by atoms with Gasteiger partial charge in [-0.25, -0.2) is 4.98 Å². The van der Waals surface area contributed by atoms with Crippen LogP contribution in [0.15, 0.2) is 36.5 Å². The predicted molar refractivity (Wildman–Crippen MR) is 105 cm³/mol. The lowest BCUT2D eigenvalue weighted by Gasteiger charge is -2.23. The van der Waals surface area contributed by atoms with Crippen LogP contribution in [0.3, 0.4) is 0 Å². The molecule has 156 valence electrons. The molecule has 0 N–H and O–H groups in total. The molecule has 0 bridgehead atoms. The predicted octanol–water partition coefficient (Wildman–Crippen LogP) is 4.52. The molecule has 0 spiro atoms. The van der Waals surface area contributed by atoms with Gasteiger partial charge in [-0.2, -0.15) is 13.2 Å². The third kappa shape index (κ3) is 5.67. The van der Waals surface area contributed by atoms with Crippen molar-refractivity contribution < 1.29 is 22.7 Å². The number of aromatic nitrogens is 1. The number of pyridine rings is 1. The van der Waals surface area contributed by atoms with E-state index in [2.05, 4.69) is 4.98 Å². The number of anilines is 1. The molecule has 2 heterocycles. The SMILES string of the molecule is O=C(COc1ccc(Cl)cc1Cl)N1CCCN(c2ccc(C(F)(F)F)cn2)CC1. The molecule has 0 saturated carbocycles. The Balaban J connectivity index is 1.55. The van der Waals surface area contributed by atoms with Gasteiger partial charge in [0.2, 0.25) is 0 Å². The summed E-state index contributed by atoms with van der Waals surface area (Å²) < 4.78 is 43.5. The molecule has 0 aliphatic carbocycles. The van der Waals surface area contributed by atoms with Gasteiger partial charge in [-0.1, -0.05) is 23.2 Å². The number of hydrogen-bond donors (Lipinski definition) is 0. The van der Waals surface area contributed by atoms with Crippen molar-refractivity contribution in [1.82, 2.24) is 9.88 Å². The van der Waals surface area contributed by atoms with Crippen LogP contribution in [0.2, 0.25) is 10.0 Å². The van der Waals surface area contributed by atoms with Crippen molar-refractivity contribution in [2.24, 2.45) is 0 Å². The van der Waals surface area contributed by atoms with Gasteiger partial charge in [0.05, 0.1) is 10.6 Å². The van der Waals surface area contributed by atoms with E-state index in [1.54, 1.807) is 17.0 Å². The number of carbonyl (C=O) groups is 1. The third-order valence-electron chi connectivity index (χ3n) is 4.49. The van der Waals surface area contributed by atoms with Gasteiger partial charge in [0.1, 0.15) is 11.6 Å². The van der Waals surface area contributed by atoms with Crippen LogP contribution in [0.1, 0.15) is 12.0 Å². The summed E-state index contributed by atoms with van der Waals surface area (Å²) in [6.45, 7) is 1.82. The van der Waals surface area contributed by atoms with E-state index >= 15 is 0 Å². The number of halogens is 5. The summed E-state index contributed by atoms with van der Waals surface area (Å²) in [6.07, 6.45) is -2.93. The van der Waals surface area contributed by atoms with Gasteiger partial charge in [0, 0.05) is 37.4 Å². The van der Waals surface area contributed by atoms with Crippen LogP contribution in [0, 0.1) is 0 Å². The summed E-state index contributed by atoms with van der Waals surface area (Å²) in [6, 6.07) is 7.11. The Morgan fingerprint density at radius 1 is 1.10 bits per heavy atom. The molecule has 29 heavy (non-hydrogen) atoms. The van der Waals surface area contributed by atoms with Crippen LogP contribution < -0.4 is 9.64 Å². The van der Waals surface area contributed by atoms with Crippen LogP contribution >= 0.6 is 23.2 Å². The van der Waals surface area contributed by atoms with Crippen LogP contribution in [0.4, 0.5) is 19.0 Å². The topological polar surface area (TPSA) is 45.7 Å². The molecular weight excluding hydrogens is 430 g/mol. The summed E-state index contributed by atoms with van der Waals surface area (Å²) >= 11 is 11.9. The fourth-order valence-electron chi connectivity index (χ4n) is 2.96. The molecule has 5 nitrogen and oxygen atoms in total. The molecule has 1 aromatic carbocycles. The first-order valence-electron chi connectivity index (χ1n) is 8.88. The van der Waals surface area contributed by atoms with E-state index in [4.69, 9.17) is 27.9 Å². The number of alkyl halides is 3. The van der Waals surface area contributed by atoms with Gasteiger partial charge in [0.25, 0.3) is 5.91 Å². The van der Waals surface area contributed by atoms with Crippen LogP contribution in [-0.2, 0) is 11.0 Å². The van der Waals surface area contributed by atoms with Gasteiger partial charge in [0.15, 0.2) is 6.61 Å². The second kappa shape index (κ2) is 9.09. The van der Waals surface area contributed by atoms with Gasteiger partial charge < -0.3 is 14.5 Å². The zero-order valence-electron chi connectivity index (χ0n) is 15.3. The highest BCUT2D eigenvalue weighted by Crippen LogP contribution is 2.30. The summed E-state index contributed by atoms with van der Waals surface area (Å²) in [7, 11) is 0. The molecule has 1 aliphatic heterocycles. The Kier molecular flexibility index (Phi) is 6.74. The largest absolute Gasteiger partial charge is 0.482 e. The summed E-state index contributed by atoms with van der Waals surface area (Å²) in [5, 5.41) is 0.791. The van der Waals surface area contributed by atoms with Crippen molar-refractivity contribution in [2.75, 3.05) is 37.7 Å². The van der Waals surface area contributed by atoms with Crippen LogP contribution in [0.5, 0.6) is 5.75 Å². The fourth-order valence-corrected chi connectivity index (χ4v) is 3.42. The van der Waals surface area contributed by atoms with E-state index in [1.807, 2.05) is 4.90 Å². The smallest absolute Gasteiger partial charge is 0.417 e. The van der Waals surface area contributed by atoms with E-state index in [9.17, 15) is 18.0 Å². The Labute approximate surface area is 176 Å². The van der Waals surface area contributed by atoms with E-state index in [1.165, 1.54) is 12.1 Å². The molecule has 0 radical (unpaired) electrons. The lowest BCUT2D eigenvalue weighted by atomic mass is 10.2. The maximum atomic E-state index is 12.7. The minimum atomic E-state index is -4.42. The average Bonchev–Trinajstić information content (AvgIpc) is 2.93. The second-order valence-corrected chi connectivity index (χ2v) is 7.33. The number of hydrogen-bond acceptors (Lipinski definition) is 4. The fraction of sp³-hybridized carbons (Fsp3) is 0.368. The van der Waals surface area contributed by atoms with E-state index < -0.39 is 11.7 Å². The number of carbonyl (C=O) groups excluding carboxylic acids is 1. The van der Waals surface area contributed by atoms with Gasteiger partial charge >= 0.3 is 6.18 Å². The van der Waals surface area contributed by atoms with Crippen molar-refractivity contribution in [3.8, 4) is 5.75 Å². The van der Waals surface area contributed by atoms with Crippen molar-refractivity contribution in [2.45, 2.75) is 12.6 Å². The molecule has 1 amide bonds. The highest BCUT2D eigenvalue weighted by molar-refractivity contribution is 6.35. The monoisotopic (exact) mass is 447 g/mol. The standard InChI is InChI=1S/C19H18Cl2F3N3O2/c20-14-3-4-16(15(21)10-14)29-12-18(28)27-7-1-6-26(8-9-27)17-5-2-13(11-25-17)19(22,23)24/h2-5,10-11H,1,6-9,12H2. The van der Waals surface area contributed by atoms with Gasteiger partial charge in [-0.05, 0) is 36.8 Å². The number of nitrogens with zero attached hydrogens (tertiary/aromatic N) is 3. The molecule has 2 aromatic rings. The zero-order valence-corrected chi connectivity index (χ0v) is 16.8. The Hall–Kier alpha value is -2.19. The average molecular weight is 448 g/mol. The summed E-state index contributed by atoms with van der Waals surface area (Å²) in [4.78, 5) is 19.9. The van der Waals surface area contributed by atoms with Crippen LogP contribution in [-0.4, -0.2) is 48.6 Å². The Morgan fingerprint density at radius 2 is 1.90 bits per heavy atom. The van der Waals surface area contributed by atoms with Crippen molar-refractivity contribution in [3.05, 3.63) is 52.1 Å². The number of ether oxygens (including phenoxy) is 1. The molecule has 3 rings (SSSR count). The highest BCUT2D eigenvalue weighted by Gasteiger charge is 2.31. The molecule has 1 aromatic heterocycles. The quantitative estimate of drug-likeness (QED) is 0.690. The molecule has 0 unspecified atom stereocenters. The molecule has 10 heteroatoms. The maximum Gasteiger partial charge on any atom is 0.417 e. The molecule has 1 fully saturated rings. The number of amides is 1. The van der Waals surface area contributed by atoms with E-state index in [0.717, 1.165) is 12.3 Å². The Morgan fingerprint density at radius 3 is 2.55 bits per heavy atom. The first kappa shape index (κ1) is 21.5. The molecule has 0 atom stereocenters. The first-order valence-corrected chi connectivity index (χ1v) is 9.63. The normalized spacial score (nSPS) is 15.2. The maximum absolute atomic E-state index is 12.7. The van der Waals surface area contributed by atoms with Crippen molar-refractivity contribution in [1.29, 1.82) is 0 Å². The number of rotatable bonds is 4. The summed E-state index contributed by atoms with van der Waals surface area (Å²) in [5.41, 5.74) is -0.786. The third-order valence-corrected chi connectivity index (χ3v) is 5.02. The lowest BCUT2D eigenvalue weighted by Crippen LogP contribution is -2.38. The van der Waals surface area contributed by atoms with Gasteiger partial charge in [-0.15, -0.1) is 0 Å².